The molecule has 0 bridgehead atoms. The van der Waals surface area contributed by atoms with Crippen molar-refractivity contribution in [1.82, 2.24) is 0 Å². The van der Waals surface area contributed by atoms with Crippen LogP contribution in [0, 0.1) is 0 Å². The van der Waals surface area contributed by atoms with Crippen LogP contribution in [0.25, 0.3) is 11.0 Å². The van der Waals surface area contributed by atoms with Gasteiger partial charge in [0, 0.05) is 28.6 Å². The zero-order valence-corrected chi connectivity index (χ0v) is 14.7. The quantitative estimate of drug-likeness (QED) is 0.579. The molecule has 0 radical (unpaired) electrons. The first kappa shape index (κ1) is 16.8. The lowest BCUT2D eigenvalue weighted by Crippen LogP contribution is -3.27. The first-order chi connectivity index (χ1) is 12.7. The van der Waals surface area contributed by atoms with Crippen molar-refractivity contribution in [2.24, 2.45) is 0 Å². The van der Waals surface area contributed by atoms with E-state index in [-0.39, 0.29) is 11.4 Å². The summed E-state index contributed by atoms with van der Waals surface area (Å²) in [5.41, 5.74) is 2.49. The molecule has 2 heterocycles. The van der Waals surface area contributed by atoms with Crippen molar-refractivity contribution in [3.8, 4) is 5.75 Å². The number of phenols is 1. The van der Waals surface area contributed by atoms with Crippen molar-refractivity contribution in [1.29, 1.82) is 0 Å². The van der Waals surface area contributed by atoms with Gasteiger partial charge in [-0.1, -0.05) is 30.3 Å². The summed E-state index contributed by atoms with van der Waals surface area (Å²) >= 11 is 0. The van der Waals surface area contributed by atoms with Crippen LogP contribution in [0.4, 0.5) is 0 Å². The van der Waals surface area contributed by atoms with Crippen LogP contribution in [0.3, 0.4) is 0 Å². The highest BCUT2D eigenvalue weighted by molar-refractivity contribution is 5.81. The van der Waals surface area contributed by atoms with E-state index in [1.54, 1.807) is 17.0 Å². The molecule has 0 saturated carbocycles. The molecule has 5 heteroatoms. The lowest BCUT2D eigenvalue weighted by molar-refractivity contribution is -1.02. The molecule has 0 atom stereocenters. The molecule has 134 valence electrons. The molecule has 0 unspecified atom stereocenters. The van der Waals surface area contributed by atoms with Crippen molar-refractivity contribution in [2.75, 3.05) is 26.2 Å². The van der Waals surface area contributed by atoms with Crippen LogP contribution in [0.5, 0.6) is 5.75 Å². The fourth-order valence-electron chi connectivity index (χ4n) is 3.83. The molecular formula is C21H24N2O3+2. The zero-order valence-electron chi connectivity index (χ0n) is 14.7. The van der Waals surface area contributed by atoms with Crippen molar-refractivity contribution in [2.45, 2.75) is 13.1 Å². The molecule has 1 saturated heterocycles. The highest BCUT2D eigenvalue weighted by Gasteiger charge is 2.24. The Kier molecular flexibility index (Phi) is 4.73. The van der Waals surface area contributed by atoms with Crippen LogP contribution in [0.1, 0.15) is 11.1 Å². The molecule has 1 aliphatic heterocycles. The van der Waals surface area contributed by atoms with Crippen LogP contribution >= 0.6 is 0 Å². The number of nitrogens with one attached hydrogen (secondary N) is 2. The van der Waals surface area contributed by atoms with Gasteiger partial charge in [0.15, 0.2) is 0 Å². The number of fused-ring (bicyclic) bond motifs is 1. The molecule has 26 heavy (non-hydrogen) atoms. The number of phenolic OH excluding ortho intramolecular Hbond substituents is 1. The summed E-state index contributed by atoms with van der Waals surface area (Å²) in [6.45, 7) is 6.31. The summed E-state index contributed by atoms with van der Waals surface area (Å²) in [7, 11) is 0. The molecule has 0 spiro atoms. The third-order valence-corrected chi connectivity index (χ3v) is 5.22. The van der Waals surface area contributed by atoms with Crippen LogP contribution in [-0.4, -0.2) is 31.3 Å². The van der Waals surface area contributed by atoms with E-state index in [0.29, 0.717) is 5.58 Å². The average Bonchev–Trinajstić information content (AvgIpc) is 2.64. The molecule has 3 N–H and O–H groups in total. The second kappa shape index (κ2) is 7.32. The van der Waals surface area contributed by atoms with E-state index in [2.05, 4.69) is 30.3 Å². The number of aromatic hydroxyl groups is 1. The van der Waals surface area contributed by atoms with Gasteiger partial charge >= 0.3 is 5.63 Å². The standard InChI is InChI=1S/C21H22N2O3/c24-18-6-7-19-17(12-21(25)26-20(19)13-18)15-23-10-8-22(9-11-23)14-16-4-2-1-3-5-16/h1-7,12-13,24H,8-11,14-15H2/p+2. The number of quaternary nitrogens is 2. The summed E-state index contributed by atoms with van der Waals surface area (Å²) in [5.74, 6) is 0.114. The van der Waals surface area contributed by atoms with Crippen LogP contribution in [-0.2, 0) is 13.1 Å². The highest BCUT2D eigenvalue weighted by Crippen LogP contribution is 2.21. The molecule has 0 amide bonds. The summed E-state index contributed by atoms with van der Waals surface area (Å²) in [5, 5.41) is 10.5. The van der Waals surface area contributed by atoms with Crippen LogP contribution < -0.4 is 15.4 Å². The average molecular weight is 352 g/mol. The number of piperazine rings is 1. The Morgan fingerprint density at radius 2 is 1.58 bits per heavy atom. The third kappa shape index (κ3) is 3.79. The Bertz CT molecular complexity index is 944. The normalized spacial score (nSPS) is 20.3. The van der Waals surface area contributed by atoms with Crippen molar-refractivity contribution in [3.05, 3.63) is 76.1 Å². The monoisotopic (exact) mass is 352 g/mol. The maximum Gasteiger partial charge on any atom is 0.336 e. The first-order valence-corrected chi connectivity index (χ1v) is 9.14. The highest BCUT2D eigenvalue weighted by atomic mass is 16.4. The predicted molar refractivity (Wildman–Crippen MR) is 99.4 cm³/mol. The Balaban J connectivity index is 1.43. The van der Waals surface area contributed by atoms with E-state index in [1.165, 1.54) is 16.5 Å². The van der Waals surface area contributed by atoms with Gasteiger partial charge in [-0.2, -0.15) is 0 Å². The van der Waals surface area contributed by atoms with Crippen LogP contribution in [0.2, 0.25) is 0 Å². The summed E-state index contributed by atoms with van der Waals surface area (Å²) < 4.78 is 5.23. The van der Waals surface area contributed by atoms with Gasteiger partial charge < -0.3 is 19.3 Å². The van der Waals surface area contributed by atoms with Gasteiger partial charge in [-0.25, -0.2) is 4.79 Å². The summed E-state index contributed by atoms with van der Waals surface area (Å²) in [6, 6.07) is 17.2. The fourth-order valence-corrected chi connectivity index (χ4v) is 3.83. The van der Waals surface area contributed by atoms with Gasteiger partial charge in [-0.15, -0.1) is 0 Å². The number of benzene rings is 2. The van der Waals surface area contributed by atoms with Crippen LogP contribution in [0.15, 0.2) is 63.8 Å². The molecule has 1 aromatic heterocycles. The third-order valence-electron chi connectivity index (χ3n) is 5.22. The molecule has 4 rings (SSSR count). The van der Waals surface area contributed by atoms with Crippen molar-refractivity contribution >= 4 is 11.0 Å². The lowest BCUT2D eigenvalue weighted by atomic mass is 10.1. The Morgan fingerprint density at radius 3 is 2.31 bits per heavy atom. The lowest BCUT2D eigenvalue weighted by Gasteiger charge is -2.30. The van der Waals surface area contributed by atoms with Gasteiger partial charge in [0.05, 0.1) is 0 Å². The number of hydrogen-bond donors (Lipinski definition) is 3. The second-order valence-corrected chi connectivity index (χ2v) is 7.11. The van der Waals surface area contributed by atoms with Crippen molar-refractivity contribution < 1.29 is 19.3 Å². The second-order valence-electron chi connectivity index (χ2n) is 7.11. The van der Waals surface area contributed by atoms with E-state index in [9.17, 15) is 9.90 Å². The van der Waals surface area contributed by atoms with E-state index in [0.717, 1.165) is 50.2 Å². The fraction of sp³-hybridized carbons (Fsp3) is 0.286. The minimum Gasteiger partial charge on any atom is -0.508 e. The molecule has 1 fully saturated rings. The largest absolute Gasteiger partial charge is 0.508 e. The first-order valence-electron chi connectivity index (χ1n) is 9.14. The van der Waals surface area contributed by atoms with Crippen molar-refractivity contribution in [3.63, 3.8) is 0 Å². The topological polar surface area (TPSA) is 59.3 Å². The summed E-state index contributed by atoms with van der Waals surface area (Å²) in [6.07, 6.45) is 0. The Morgan fingerprint density at radius 1 is 0.885 bits per heavy atom. The smallest absolute Gasteiger partial charge is 0.336 e. The Hall–Kier alpha value is -2.63. The number of hydrogen-bond acceptors (Lipinski definition) is 3. The maximum atomic E-state index is 11.9. The van der Waals surface area contributed by atoms with Gasteiger partial charge in [0.25, 0.3) is 0 Å². The minimum atomic E-state index is -0.356. The molecule has 0 aliphatic carbocycles. The maximum absolute atomic E-state index is 11.9. The van der Waals surface area contributed by atoms with E-state index >= 15 is 0 Å². The van der Waals surface area contributed by atoms with Gasteiger partial charge in [0.1, 0.15) is 50.6 Å². The SMILES string of the molecule is O=c1cc(C[NH+]2CC[NH+](Cc3ccccc3)CC2)c2ccc(O)cc2o1. The van der Waals surface area contributed by atoms with E-state index in [4.69, 9.17) is 4.42 Å². The molecule has 3 aromatic rings. The Labute approximate surface area is 152 Å². The molecule has 5 nitrogen and oxygen atoms in total. The van der Waals surface area contributed by atoms with Gasteiger partial charge in [-0.3, -0.25) is 0 Å². The summed E-state index contributed by atoms with van der Waals surface area (Å²) in [4.78, 5) is 15.0. The van der Waals surface area contributed by atoms with Gasteiger partial charge in [-0.05, 0) is 12.1 Å². The van der Waals surface area contributed by atoms with E-state index in [1.807, 2.05) is 6.07 Å². The van der Waals surface area contributed by atoms with Gasteiger partial charge in [0.2, 0.25) is 0 Å². The molecule has 2 aromatic carbocycles. The predicted octanol–water partition coefficient (Wildman–Crippen LogP) is -0.0178. The molecular weight excluding hydrogens is 328 g/mol. The molecule has 1 aliphatic rings. The minimum absolute atomic E-state index is 0.114. The zero-order chi connectivity index (χ0) is 17.9. The number of rotatable bonds is 4. The van der Waals surface area contributed by atoms with E-state index < -0.39 is 0 Å².